The highest BCUT2D eigenvalue weighted by Crippen LogP contribution is 2.21. The lowest BCUT2D eigenvalue weighted by atomic mass is 9.90. The van der Waals surface area contributed by atoms with E-state index in [0.29, 0.717) is 12.8 Å². The number of amides is 1. The van der Waals surface area contributed by atoms with Gasteiger partial charge in [-0.05, 0) is 38.5 Å². The minimum absolute atomic E-state index is 0.476. The van der Waals surface area contributed by atoms with E-state index in [1.54, 1.807) is 0 Å². The van der Waals surface area contributed by atoms with Crippen molar-refractivity contribution < 1.29 is 9.90 Å². The molecule has 0 fully saturated rings. The van der Waals surface area contributed by atoms with Gasteiger partial charge in [0.15, 0.2) is 0 Å². The SMILES string of the molecule is CCCCCCCC/C=C\CCCCCCC(O)(CCC)C(N)=O. The molecule has 0 saturated carbocycles. The van der Waals surface area contributed by atoms with Crippen molar-refractivity contribution in [1.29, 1.82) is 0 Å². The lowest BCUT2D eigenvalue weighted by molar-refractivity contribution is -0.137. The van der Waals surface area contributed by atoms with Crippen molar-refractivity contribution in [3.63, 3.8) is 0 Å². The van der Waals surface area contributed by atoms with Crippen LogP contribution in [0.25, 0.3) is 0 Å². The summed E-state index contributed by atoms with van der Waals surface area (Å²) >= 11 is 0. The van der Waals surface area contributed by atoms with Crippen molar-refractivity contribution in [2.75, 3.05) is 0 Å². The van der Waals surface area contributed by atoms with E-state index in [1.807, 2.05) is 6.92 Å². The first-order valence-electron chi connectivity index (χ1n) is 10.2. The van der Waals surface area contributed by atoms with Gasteiger partial charge in [-0.25, -0.2) is 0 Å². The van der Waals surface area contributed by atoms with Crippen LogP contribution >= 0.6 is 0 Å². The van der Waals surface area contributed by atoms with Crippen molar-refractivity contribution in [3.8, 4) is 0 Å². The first kappa shape index (κ1) is 23.2. The summed E-state index contributed by atoms with van der Waals surface area (Å²) in [5.41, 5.74) is 4.03. The maximum atomic E-state index is 11.3. The van der Waals surface area contributed by atoms with Crippen LogP contribution in [0.4, 0.5) is 0 Å². The molecule has 3 N–H and O–H groups in total. The second-order valence-corrected chi connectivity index (χ2v) is 7.13. The van der Waals surface area contributed by atoms with Crippen molar-refractivity contribution in [1.82, 2.24) is 0 Å². The zero-order chi connectivity index (χ0) is 18.1. The monoisotopic (exact) mass is 339 g/mol. The quantitative estimate of drug-likeness (QED) is 0.266. The molecular weight excluding hydrogens is 298 g/mol. The van der Waals surface area contributed by atoms with Gasteiger partial charge < -0.3 is 10.8 Å². The molecule has 3 nitrogen and oxygen atoms in total. The van der Waals surface area contributed by atoms with E-state index >= 15 is 0 Å². The molecule has 24 heavy (non-hydrogen) atoms. The molecule has 142 valence electrons. The number of carbonyl (C=O) groups is 1. The van der Waals surface area contributed by atoms with E-state index in [-0.39, 0.29) is 0 Å². The van der Waals surface area contributed by atoms with Gasteiger partial charge in [-0.3, -0.25) is 4.79 Å². The molecular formula is C21H41NO2. The third-order valence-electron chi connectivity index (χ3n) is 4.72. The Kier molecular flexibility index (Phi) is 15.1. The van der Waals surface area contributed by atoms with Crippen LogP contribution in [0.2, 0.25) is 0 Å². The fourth-order valence-electron chi connectivity index (χ4n) is 3.10. The molecule has 1 atom stereocenters. The highest BCUT2D eigenvalue weighted by molar-refractivity contribution is 5.83. The minimum Gasteiger partial charge on any atom is -0.380 e. The predicted molar refractivity (Wildman–Crippen MR) is 104 cm³/mol. The van der Waals surface area contributed by atoms with Crippen LogP contribution in [0.1, 0.15) is 110 Å². The Labute approximate surface area is 150 Å². The van der Waals surface area contributed by atoms with Crippen molar-refractivity contribution in [2.45, 2.75) is 116 Å². The summed E-state index contributed by atoms with van der Waals surface area (Å²) in [5.74, 6) is -0.568. The zero-order valence-corrected chi connectivity index (χ0v) is 16.2. The number of rotatable bonds is 17. The van der Waals surface area contributed by atoms with E-state index < -0.39 is 11.5 Å². The largest absolute Gasteiger partial charge is 0.380 e. The summed E-state index contributed by atoms with van der Waals surface area (Å²) in [7, 11) is 0. The Morgan fingerprint density at radius 3 is 1.79 bits per heavy atom. The van der Waals surface area contributed by atoms with Crippen LogP contribution in [0.15, 0.2) is 12.2 Å². The molecule has 0 heterocycles. The molecule has 0 aromatic rings. The summed E-state index contributed by atoms with van der Waals surface area (Å²) in [4.78, 5) is 11.3. The van der Waals surface area contributed by atoms with Gasteiger partial charge in [0.2, 0.25) is 5.91 Å². The number of unbranched alkanes of at least 4 members (excludes halogenated alkanes) is 10. The lowest BCUT2D eigenvalue weighted by Gasteiger charge is -2.23. The Hall–Kier alpha value is -0.830. The van der Waals surface area contributed by atoms with Gasteiger partial charge in [-0.1, -0.05) is 83.8 Å². The molecule has 1 unspecified atom stereocenters. The summed E-state index contributed by atoms with van der Waals surface area (Å²) < 4.78 is 0. The second-order valence-electron chi connectivity index (χ2n) is 7.13. The third kappa shape index (κ3) is 12.6. The standard InChI is InChI=1S/C21H41NO2/c1-3-5-6-7-8-9-10-11-12-13-14-15-16-17-19-21(24,18-4-2)20(22)23/h11-12,24H,3-10,13-19H2,1-2H3,(H2,22,23)/b12-11-. The topological polar surface area (TPSA) is 63.3 Å². The number of aliphatic hydroxyl groups is 1. The molecule has 0 radical (unpaired) electrons. The molecule has 3 heteroatoms. The van der Waals surface area contributed by atoms with Gasteiger partial charge in [0.1, 0.15) is 5.60 Å². The maximum Gasteiger partial charge on any atom is 0.249 e. The number of nitrogens with two attached hydrogens (primary N) is 1. The fraction of sp³-hybridized carbons (Fsp3) is 0.857. The van der Waals surface area contributed by atoms with Crippen LogP contribution in [-0.2, 0) is 4.79 Å². The van der Waals surface area contributed by atoms with Gasteiger partial charge >= 0.3 is 0 Å². The number of hydrogen-bond donors (Lipinski definition) is 2. The fourth-order valence-corrected chi connectivity index (χ4v) is 3.10. The summed E-state index contributed by atoms with van der Waals surface area (Å²) in [5, 5.41) is 10.2. The van der Waals surface area contributed by atoms with Crippen LogP contribution in [-0.4, -0.2) is 16.6 Å². The Bertz CT molecular complexity index is 328. The first-order valence-corrected chi connectivity index (χ1v) is 10.2. The molecule has 0 aliphatic carbocycles. The molecule has 0 aromatic carbocycles. The third-order valence-corrected chi connectivity index (χ3v) is 4.72. The number of carbonyl (C=O) groups excluding carboxylic acids is 1. The molecule has 0 rings (SSSR count). The molecule has 0 bridgehead atoms. The zero-order valence-electron chi connectivity index (χ0n) is 16.2. The predicted octanol–water partition coefficient (Wildman–Crippen LogP) is 5.65. The molecule has 1 amide bonds. The van der Waals surface area contributed by atoms with Crippen molar-refractivity contribution in [2.24, 2.45) is 5.73 Å². The summed E-state index contributed by atoms with van der Waals surface area (Å²) in [6.07, 6.45) is 21.2. The number of allylic oxidation sites excluding steroid dienone is 2. The summed E-state index contributed by atoms with van der Waals surface area (Å²) in [6, 6.07) is 0. The second kappa shape index (κ2) is 15.7. The van der Waals surface area contributed by atoms with Crippen LogP contribution in [0.5, 0.6) is 0 Å². The molecule has 0 saturated heterocycles. The Morgan fingerprint density at radius 1 is 0.792 bits per heavy atom. The number of hydrogen-bond acceptors (Lipinski definition) is 2. The van der Waals surface area contributed by atoms with E-state index in [2.05, 4.69) is 19.1 Å². The van der Waals surface area contributed by atoms with Crippen LogP contribution < -0.4 is 5.73 Å². The Balaban J connectivity index is 3.47. The summed E-state index contributed by atoms with van der Waals surface area (Å²) in [6.45, 7) is 4.22. The van der Waals surface area contributed by atoms with E-state index in [4.69, 9.17) is 5.73 Å². The molecule has 0 spiro atoms. The Morgan fingerprint density at radius 2 is 1.29 bits per heavy atom. The molecule has 0 aliphatic rings. The van der Waals surface area contributed by atoms with Crippen molar-refractivity contribution >= 4 is 5.91 Å². The minimum atomic E-state index is -1.29. The maximum absolute atomic E-state index is 11.3. The normalized spacial score (nSPS) is 14.1. The van der Waals surface area contributed by atoms with Gasteiger partial charge in [0.25, 0.3) is 0 Å². The van der Waals surface area contributed by atoms with E-state index in [9.17, 15) is 9.90 Å². The molecule has 0 aliphatic heterocycles. The van der Waals surface area contributed by atoms with Gasteiger partial charge in [0.05, 0.1) is 0 Å². The van der Waals surface area contributed by atoms with Gasteiger partial charge in [-0.2, -0.15) is 0 Å². The molecule has 0 aromatic heterocycles. The highest BCUT2D eigenvalue weighted by Gasteiger charge is 2.31. The smallest absolute Gasteiger partial charge is 0.249 e. The van der Waals surface area contributed by atoms with E-state index in [1.165, 1.54) is 51.4 Å². The van der Waals surface area contributed by atoms with Gasteiger partial charge in [-0.15, -0.1) is 0 Å². The van der Waals surface area contributed by atoms with Gasteiger partial charge in [0, 0.05) is 0 Å². The lowest BCUT2D eigenvalue weighted by Crippen LogP contribution is -2.43. The van der Waals surface area contributed by atoms with Crippen LogP contribution in [0, 0.1) is 0 Å². The first-order chi connectivity index (χ1) is 11.6. The van der Waals surface area contributed by atoms with E-state index in [0.717, 1.165) is 32.1 Å². The van der Waals surface area contributed by atoms with Crippen LogP contribution in [0.3, 0.4) is 0 Å². The average Bonchev–Trinajstić information content (AvgIpc) is 2.55. The van der Waals surface area contributed by atoms with Crippen molar-refractivity contribution in [3.05, 3.63) is 12.2 Å². The highest BCUT2D eigenvalue weighted by atomic mass is 16.3. The number of primary amides is 1. The average molecular weight is 340 g/mol.